The van der Waals surface area contributed by atoms with Gasteiger partial charge in [0.1, 0.15) is 0 Å². The van der Waals surface area contributed by atoms with Crippen LogP contribution in [0.5, 0.6) is 0 Å². The summed E-state index contributed by atoms with van der Waals surface area (Å²) in [6, 6.07) is 11.9. The second-order valence-corrected chi connectivity index (χ2v) is 6.67. The van der Waals surface area contributed by atoms with E-state index in [2.05, 4.69) is 56.0 Å². The third kappa shape index (κ3) is 4.32. The summed E-state index contributed by atoms with van der Waals surface area (Å²) in [6.45, 7) is 8.94. The fraction of sp³-hybridized carbons (Fsp3) is 0.667. The Balaban J connectivity index is 1.98. The molecule has 0 radical (unpaired) electrons. The number of nitrogens with two attached hydrogens (primary N) is 1. The van der Waals surface area contributed by atoms with Crippen molar-refractivity contribution in [2.75, 3.05) is 13.1 Å². The molecule has 0 heterocycles. The second kappa shape index (κ2) is 7.24. The molecule has 0 aromatic heterocycles. The molecule has 2 N–H and O–H groups in total. The number of nitrogens with zero attached hydrogens (tertiary/aromatic N) is 1. The molecular weight excluding hydrogens is 244 g/mol. The topological polar surface area (TPSA) is 29.3 Å². The van der Waals surface area contributed by atoms with Crippen molar-refractivity contribution >= 4 is 0 Å². The summed E-state index contributed by atoms with van der Waals surface area (Å²) in [5.74, 6) is 1.50. The Morgan fingerprint density at radius 2 is 1.80 bits per heavy atom. The molecule has 1 aromatic rings. The Kier molecular flexibility index (Phi) is 5.62. The molecule has 0 saturated heterocycles. The molecule has 0 amide bonds. The third-order valence-electron chi connectivity index (χ3n) is 4.56. The lowest BCUT2D eigenvalue weighted by Gasteiger charge is -2.36. The van der Waals surface area contributed by atoms with Gasteiger partial charge in [-0.15, -0.1) is 0 Å². The van der Waals surface area contributed by atoms with Gasteiger partial charge < -0.3 is 5.73 Å². The van der Waals surface area contributed by atoms with Crippen LogP contribution in [-0.2, 0) is 0 Å². The van der Waals surface area contributed by atoms with Crippen LogP contribution in [0.15, 0.2) is 30.3 Å². The first-order valence-corrected chi connectivity index (χ1v) is 8.12. The molecule has 2 unspecified atom stereocenters. The summed E-state index contributed by atoms with van der Waals surface area (Å²) in [5, 5.41) is 0. The maximum Gasteiger partial charge on any atom is 0.0226 e. The first-order valence-electron chi connectivity index (χ1n) is 8.12. The molecule has 0 spiro atoms. The molecule has 1 aromatic carbocycles. The summed E-state index contributed by atoms with van der Waals surface area (Å²) in [5.41, 5.74) is 7.52. The highest BCUT2D eigenvalue weighted by atomic mass is 15.2. The number of benzene rings is 1. The van der Waals surface area contributed by atoms with Crippen molar-refractivity contribution in [3.63, 3.8) is 0 Å². The van der Waals surface area contributed by atoms with E-state index < -0.39 is 0 Å². The van der Waals surface area contributed by atoms with Crippen LogP contribution in [0, 0.1) is 5.92 Å². The van der Waals surface area contributed by atoms with Gasteiger partial charge in [-0.3, -0.25) is 4.90 Å². The second-order valence-electron chi connectivity index (χ2n) is 6.67. The molecule has 20 heavy (non-hydrogen) atoms. The molecule has 0 bridgehead atoms. The highest BCUT2D eigenvalue weighted by Gasteiger charge is 2.29. The molecule has 2 rings (SSSR count). The van der Waals surface area contributed by atoms with Crippen molar-refractivity contribution in [1.82, 2.24) is 4.90 Å². The van der Waals surface area contributed by atoms with Gasteiger partial charge in [0.25, 0.3) is 0 Å². The summed E-state index contributed by atoms with van der Waals surface area (Å²) < 4.78 is 0. The lowest BCUT2D eigenvalue weighted by molar-refractivity contribution is 0.137. The molecular formula is C18H30N2. The number of hydrogen-bond acceptors (Lipinski definition) is 2. The van der Waals surface area contributed by atoms with E-state index in [9.17, 15) is 0 Å². The fourth-order valence-electron chi connectivity index (χ4n) is 3.07. The minimum absolute atomic E-state index is 0.505. The Hall–Kier alpha value is -0.860. The first-order chi connectivity index (χ1) is 9.61. The Bertz CT molecular complexity index is 384. The van der Waals surface area contributed by atoms with E-state index in [4.69, 9.17) is 5.73 Å². The van der Waals surface area contributed by atoms with Gasteiger partial charge in [0.05, 0.1) is 0 Å². The fourth-order valence-corrected chi connectivity index (χ4v) is 3.07. The van der Waals surface area contributed by atoms with Gasteiger partial charge in [-0.05, 0) is 50.5 Å². The highest BCUT2D eigenvalue weighted by Crippen LogP contribution is 2.32. The van der Waals surface area contributed by atoms with Crippen LogP contribution in [0.2, 0.25) is 0 Å². The van der Waals surface area contributed by atoms with Gasteiger partial charge in [-0.25, -0.2) is 0 Å². The zero-order valence-electron chi connectivity index (χ0n) is 13.3. The van der Waals surface area contributed by atoms with Crippen LogP contribution in [0.3, 0.4) is 0 Å². The van der Waals surface area contributed by atoms with E-state index in [1.165, 1.54) is 24.9 Å². The number of hydrogen-bond donors (Lipinski definition) is 1. The molecule has 2 atom stereocenters. The first kappa shape index (κ1) is 15.5. The Morgan fingerprint density at radius 3 is 2.30 bits per heavy atom. The minimum Gasteiger partial charge on any atom is -0.329 e. The van der Waals surface area contributed by atoms with Crippen LogP contribution in [0.25, 0.3) is 0 Å². The Labute approximate surface area is 124 Å². The normalized spacial score (nSPS) is 18.5. The molecule has 1 aliphatic rings. The maximum atomic E-state index is 6.09. The average Bonchev–Trinajstić information content (AvgIpc) is 3.27. The highest BCUT2D eigenvalue weighted by molar-refractivity contribution is 5.19. The molecule has 1 saturated carbocycles. The van der Waals surface area contributed by atoms with Gasteiger partial charge in [0.2, 0.25) is 0 Å². The van der Waals surface area contributed by atoms with Crippen LogP contribution in [0.1, 0.15) is 51.5 Å². The van der Waals surface area contributed by atoms with Gasteiger partial charge in [-0.1, -0.05) is 37.3 Å². The van der Waals surface area contributed by atoms with Crippen molar-refractivity contribution in [3.8, 4) is 0 Å². The summed E-state index contributed by atoms with van der Waals surface area (Å²) in [4.78, 5) is 2.64. The van der Waals surface area contributed by atoms with Crippen molar-refractivity contribution in [3.05, 3.63) is 35.9 Å². The molecule has 0 aliphatic heterocycles. The van der Waals surface area contributed by atoms with E-state index in [0.29, 0.717) is 18.0 Å². The van der Waals surface area contributed by atoms with Gasteiger partial charge >= 0.3 is 0 Å². The lowest BCUT2D eigenvalue weighted by Crippen LogP contribution is -2.46. The molecule has 1 fully saturated rings. The monoisotopic (exact) mass is 274 g/mol. The molecule has 1 aliphatic carbocycles. The van der Waals surface area contributed by atoms with Crippen molar-refractivity contribution in [2.24, 2.45) is 11.7 Å². The van der Waals surface area contributed by atoms with Gasteiger partial charge in [0.15, 0.2) is 0 Å². The van der Waals surface area contributed by atoms with E-state index in [-0.39, 0.29) is 0 Å². The average molecular weight is 274 g/mol. The quantitative estimate of drug-likeness (QED) is 0.784. The van der Waals surface area contributed by atoms with Crippen LogP contribution < -0.4 is 5.73 Å². The Morgan fingerprint density at radius 1 is 1.15 bits per heavy atom. The smallest absolute Gasteiger partial charge is 0.0226 e. The zero-order chi connectivity index (χ0) is 14.5. The number of rotatable bonds is 8. The van der Waals surface area contributed by atoms with Crippen molar-refractivity contribution in [2.45, 2.75) is 58.0 Å². The summed E-state index contributed by atoms with van der Waals surface area (Å²) in [7, 11) is 0. The van der Waals surface area contributed by atoms with Crippen LogP contribution >= 0.6 is 0 Å². The van der Waals surface area contributed by atoms with Crippen LogP contribution in [0.4, 0.5) is 0 Å². The zero-order valence-corrected chi connectivity index (χ0v) is 13.3. The van der Waals surface area contributed by atoms with Gasteiger partial charge in [0, 0.05) is 25.2 Å². The lowest BCUT2D eigenvalue weighted by atomic mass is 9.92. The SMILES string of the molecule is CC(CC(CN)N(CC1CC1)C(C)C)c1ccccc1. The third-order valence-corrected chi connectivity index (χ3v) is 4.56. The summed E-state index contributed by atoms with van der Waals surface area (Å²) in [6.07, 6.45) is 3.98. The van der Waals surface area contributed by atoms with Crippen molar-refractivity contribution < 1.29 is 0 Å². The maximum absolute atomic E-state index is 6.09. The van der Waals surface area contributed by atoms with Crippen LogP contribution in [-0.4, -0.2) is 30.1 Å². The molecule has 2 nitrogen and oxygen atoms in total. The van der Waals surface area contributed by atoms with E-state index in [0.717, 1.165) is 18.9 Å². The van der Waals surface area contributed by atoms with E-state index >= 15 is 0 Å². The minimum atomic E-state index is 0.505. The largest absolute Gasteiger partial charge is 0.329 e. The predicted octanol–water partition coefficient (Wildman–Crippen LogP) is 3.63. The molecule has 2 heteroatoms. The standard InChI is InChI=1S/C18H30N2/c1-14(2)20(13-16-9-10-16)18(12-19)11-15(3)17-7-5-4-6-8-17/h4-8,14-16,18H,9-13,19H2,1-3H3. The molecule has 112 valence electrons. The van der Waals surface area contributed by atoms with Crippen molar-refractivity contribution in [1.29, 1.82) is 0 Å². The van der Waals surface area contributed by atoms with Gasteiger partial charge in [-0.2, -0.15) is 0 Å². The summed E-state index contributed by atoms with van der Waals surface area (Å²) >= 11 is 0. The van der Waals surface area contributed by atoms with E-state index in [1.54, 1.807) is 0 Å². The predicted molar refractivity (Wildman–Crippen MR) is 86.9 cm³/mol. The van der Waals surface area contributed by atoms with E-state index in [1.807, 2.05) is 0 Å².